The van der Waals surface area contributed by atoms with Crippen LogP contribution in [0.5, 0.6) is 0 Å². The van der Waals surface area contributed by atoms with Gasteiger partial charge < -0.3 is 10.1 Å². The van der Waals surface area contributed by atoms with Gasteiger partial charge >= 0.3 is 0 Å². The van der Waals surface area contributed by atoms with Gasteiger partial charge in [0, 0.05) is 39.1 Å². The Bertz CT molecular complexity index is 1050. The van der Waals surface area contributed by atoms with Crippen LogP contribution >= 0.6 is 0 Å². The fraction of sp³-hybridized carbons (Fsp3) is 0.480. The van der Waals surface area contributed by atoms with Gasteiger partial charge in [-0.05, 0) is 48.6 Å². The zero-order chi connectivity index (χ0) is 23.8. The number of hydrogen-bond acceptors (Lipinski definition) is 5. The molecule has 8 heteroatoms. The van der Waals surface area contributed by atoms with Crippen molar-refractivity contribution < 1.29 is 17.9 Å². The number of anilines is 1. The molecule has 1 aliphatic rings. The Balaban J connectivity index is 1.49. The summed E-state index contributed by atoms with van der Waals surface area (Å²) in [6.07, 6.45) is 1.92. The number of hydrogen-bond donors (Lipinski definition) is 1. The summed E-state index contributed by atoms with van der Waals surface area (Å²) in [6, 6.07) is 14.0. The lowest BCUT2D eigenvalue weighted by molar-refractivity contribution is -0.121. The van der Waals surface area contributed by atoms with Crippen molar-refractivity contribution in [1.82, 2.24) is 10.2 Å². The van der Waals surface area contributed by atoms with Crippen LogP contribution in [0.3, 0.4) is 0 Å². The summed E-state index contributed by atoms with van der Waals surface area (Å²) in [5, 5.41) is 2.96. The molecule has 0 atom stereocenters. The lowest BCUT2D eigenvalue weighted by atomic mass is 10.1. The van der Waals surface area contributed by atoms with Crippen molar-refractivity contribution in [3.63, 3.8) is 0 Å². The number of ether oxygens (including phenoxy) is 1. The summed E-state index contributed by atoms with van der Waals surface area (Å²) < 4.78 is 31.5. The second-order valence-corrected chi connectivity index (χ2v) is 10.6. The summed E-state index contributed by atoms with van der Waals surface area (Å²) >= 11 is 0. The van der Waals surface area contributed by atoms with E-state index in [1.807, 2.05) is 44.2 Å². The quantitative estimate of drug-likeness (QED) is 0.574. The number of benzene rings is 2. The molecule has 3 rings (SSSR count). The highest BCUT2D eigenvalue weighted by Gasteiger charge is 2.19. The van der Waals surface area contributed by atoms with E-state index in [0.717, 1.165) is 49.5 Å². The standard InChI is InChI=1S/C25H35N3O4S/c1-20-9-10-21(2)24(16-20)28(33(3,30)31)11-5-8-25(29)26-18-22-6-4-7-23(17-22)19-27-12-14-32-15-13-27/h4,6-7,9-10,16-17H,5,8,11-15,18-19H2,1-3H3,(H,26,29). The number of amides is 1. The second kappa shape index (κ2) is 11.6. The topological polar surface area (TPSA) is 79.0 Å². The molecule has 1 saturated heterocycles. The van der Waals surface area contributed by atoms with Crippen molar-refractivity contribution in [1.29, 1.82) is 0 Å². The molecule has 1 heterocycles. The molecule has 0 radical (unpaired) electrons. The van der Waals surface area contributed by atoms with Gasteiger partial charge in [-0.25, -0.2) is 8.42 Å². The van der Waals surface area contributed by atoms with E-state index in [9.17, 15) is 13.2 Å². The third-order valence-electron chi connectivity index (χ3n) is 5.79. The molecular formula is C25H35N3O4S. The van der Waals surface area contributed by atoms with Gasteiger partial charge in [-0.1, -0.05) is 36.4 Å². The number of sulfonamides is 1. The number of nitrogens with one attached hydrogen (secondary N) is 1. The number of aryl methyl sites for hydroxylation is 2. The summed E-state index contributed by atoms with van der Waals surface area (Å²) in [5.41, 5.74) is 4.85. The number of carbonyl (C=O) groups excluding carboxylic acids is 1. The van der Waals surface area contributed by atoms with Crippen LogP contribution in [-0.2, 0) is 32.6 Å². The molecule has 7 nitrogen and oxygen atoms in total. The Labute approximate surface area is 197 Å². The maximum atomic E-state index is 12.4. The predicted molar refractivity (Wildman–Crippen MR) is 132 cm³/mol. The van der Waals surface area contributed by atoms with Crippen LogP contribution in [0, 0.1) is 13.8 Å². The van der Waals surface area contributed by atoms with Gasteiger partial charge in [0.2, 0.25) is 15.9 Å². The molecule has 1 amide bonds. The van der Waals surface area contributed by atoms with Gasteiger partial charge in [0.25, 0.3) is 0 Å². The first-order chi connectivity index (χ1) is 15.7. The van der Waals surface area contributed by atoms with Gasteiger partial charge in [-0.15, -0.1) is 0 Å². The summed E-state index contributed by atoms with van der Waals surface area (Å²) in [4.78, 5) is 14.8. The highest BCUT2D eigenvalue weighted by atomic mass is 32.2. The van der Waals surface area contributed by atoms with Gasteiger partial charge in [0.05, 0.1) is 25.2 Å². The minimum atomic E-state index is -3.44. The highest BCUT2D eigenvalue weighted by Crippen LogP contribution is 2.24. The Morgan fingerprint density at radius 1 is 1.09 bits per heavy atom. The van der Waals surface area contributed by atoms with Crippen LogP contribution in [0.2, 0.25) is 0 Å². The number of carbonyl (C=O) groups is 1. The van der Waals surface area contributed by atoms with Gasteiger partial charge in [0.1, 0.15) is 0 Å². The maximum Gasteiger partial charge on any atom is 0.232 e. The van der Waals surface area contributed by atoms with Crippen LogP contribution in [0.4, 0.5) is 5.69 Å². The van der Waals surface area contributed by atoms with Crippen molar-refractivity contribution in [2.75, 3.05) is 43.4 Å². The second-order valence-electron chi connectivity index (χ2n) is 8.71. The van der Waals surface area contributed by atoms with Gasteiger partial charge in [-0.3, -0.25) is 14.0 Å². The highest BCUT2D eigenvalue weighted by molar-refractivity contribution is 7.92. The summed E-state index contributed by atoms with van der Waals surface area (Å²) in [7, 11) is -3.44. The molecule has 0 spiro atoms. The van der Waals surface area contributed by atoms with Crippen LogP contribution < -0.4 is 9.62 Å². The summed E-state index contributed by atoms with van der Waals surface area (Å²) in [5.74, 6) is -0.0806. The van der Waals surface area contributed by atoms with Crippen molar-refractivity contribution in [3.05, 3.63) is 64.7 Å². The zero-order valence-electron chi connectivity index (χ0n) is 19.8. The molecule has 0 aliphatic carbocycles. The molecule has 0 saturated carbocycles. The first-order valence-corrected chi connectivity index (χ1v) is 13.3. The minimum Gasteiger partial charge on any atom is -0.379 e. The van der Waals surface area contributed by atoms with E-state index in [4.69, 9.17) is 4.74 Å². The number of rotatable bonds is 10. The lowest BCUT2D eigenvalue weighted by Crippen LogP contribution is -2.35. The normalized spacial score (nSPS) is 14.8. The van der Waals surface area contributed by atoms with E-state index < -0.39 is 10.0 Å². The largest absolute Gasteiger partial charge is 0.379 e. The van der Waals surface area contributed by atoms with Crippen molar-refractivity contribution in [2.24, 2.45) is 0 Å². The Kier molecular flexibility index (Phi) is 8.88. The molecule has 1 aliphatic heterocycles. The molecule has 0 unspecified atom stereocenters. The van der Waals surface area contributed by atoms with E-state index in [-0.39, 0.29) is 18.9 Å². The van der Waals surface area contributed by atoms with Crippen LogP contribution in [0.15, 0.2) is 42.5 Å². The number of nitrogens with zero attached hydrogens (tertiary/aromatic N) is 2. The predicted octanol–water partition coefficient (Wildman–Crippen LogP) is 3.00. The SMILES string of the molecule is Cc1ccc(C)c(N(CCCC(=O)NCc2cccc(CN3CCOCC3)c2)S(C)(=O)=O)c1. The molecule has 33 heavy (non-hydrogen) atoms. The monoisotopic (exact) mass is 473 g/mol. The molecule has 2 aromatic rings. The van der Waals surface area contributed by atoms with E-state index in [1.54, 1.807) is 0 Å². The Morgan fingerprint density at radius 2 is 1.82 bits per heavy atom. The smallest absolute Gasteiger partial charge is 0.232 e. The van der Waals surface area contributed by atoms with Crippen LogP contribution in [0.1, 0.15) is 35.1 Å². The van der Waals surface area contributed by atoms with E-state index >= 15 is 0 Å². The van der Waals surface area contributed by atoms with Crippen molar-refractivity contribution >= 4 is 21.6 Å². The third-order valence-corrected chi connectivity index (χ3v) is 6.97. The first kappa shape index (κ1) is 25.2. The third kappa shape index (κ3) is 7.84. The van der Waals surface area contributed by atoms with Crippen molar-refractivity contribution in [2.45, 2.75) is 39.8 Å². The van der Waals surface area contributed by atoms with E-state index in [1.165, 1.54) is 16.1 Å². The van der Waals surface area contributed by atoms with E-state index in [0.29, 0.717) is 18.7 Å². The number of morpholine rings is 1. The average Bonchev–Trinajstić information content (AvgIpc) is 2.77. The fourth-order valence-corrected chi connectivity index (χ4v) is 5.00. The molecule has 180 valence electrons. The molecule has 0 bridgehead atoms. The Hall–Kier alpha value is -2.42. The van der Waals surface area contributed by atoms with Crippen LogP contribution in [-0.4, -0.2) is 58.3 Å². The van der Waals surface area contributed by atoms with E-state index in [2.05, 4.69) is 22.3 Å². The minimum absolute atomic E-state index is 0.0806. The Morgan fingerprint density at radius 3 is 2.55 bits per heavy atom. The average molecular weight is 474 g/mol. The molecule has 0 aromatic heterocycles. The zero-order valence-corrected chi connectivity index (χ0v) is 20.7. The molecular weight excluding hydrogens is 438 g/mol. The van der Waals surface area contributed by atoms with Crippen molar-refractivity contribution in [3.8, 4) is 0 Å². The molecule has 1 N–H and O–H groups in total. The molecule has 2 aromatic carbocycles. The maximum absolute atomic E-state index is 12.4. The summed E-state index contributed by atoms with van der Waals surface area (Å²) in [6.45, 7) is 8.87. The fourth-order valence-electron chi connectivity index (χ4n) is 3.98. The van der Waals surface area contributed by atoms with Gasteiger partial charge in [-0.2, -0.15) is 0 Å². The molecule has 1 fully saturated rings. The first-order valence-electron chi connectivity index (χ1n) is 11.4. The lowest BCUT2D eigenvalue weighted by Gasteiger charge is -2.26. The van der Waals surface area contributed by atoms with Gasteiger partial charge in [0.15, 0.2) is 0 Å². The van der Waals surface area contributed by atoms with Crippen LogP contribution in [0.25, 0.3) is 0 Å².